The van der Waals surface area contributed by atoms with E-state index < -0.39 is 0 Å². The third kappa shape index (κ3) is 4.34. The number of benzene rings is 1. The molecule has 5 heteroatoms. The minimum atomic E-state index is -0.145. The van der Waals surface area contributed by atoms with E-state index in [2.05, 4.69) is 36.0 Å². The highest BCUT2D eigenvalue weighted by Gasteiger charge is 2.26. The Bertz CT molecular complexity index is 703. The van der Waals surface area contributed by atoms with Crippen LogP contribution in [0.3, 0.4) is 0 Å². The summed E-state index contributed by atoms with van der Waals surface area (Å²) < 4.78 is 5.50. The predicted octanol–water partition coefficient (Wildman–Crippen LogP) is 2.95. The number of carbonyl (C=O) groups is 1. The summed E-state index contributed by atoms with van der Waals surface area (Å²) in [7, 11) is 2.16. The van der Waals surface area contributed by atoms with Gasteiger partial charge in [0.05, 0.1) is 6.26 Å². The molecule has 5 nitrogen and oxygen atoms in total. The number of nitrogens with one attached hydrogen (secondary N) is 1. The minimum absolute atomic E-state index is 0.145. The van der Waals surface area contributed by atoms with Crippen LogP contribution in [0.4, 0.5) is 0 Å². The number of nitrogens with zero attached hydrogens (tertiary/aromatic N) is 2. The first-order valence-electron chi connectivity index (χ1n) is 9.40. The molecule has 1 amide bonds. The maximum atomic E-state index is 12.7. The summed E-state index contributed by atoms with van der Waals surface area (Å²) in [6.45, 7) is 9.32. The highest BCUT2D eigenvalue weighted by atomic mass is 16.3. The molecule has 3 rings (SSSR count). The molecule has 2 aromatic rings. The number of rotatable bonds is 6. The van der Waals surface area contributed by atoms with Crippen LogP contribution in [0.15, 0.2) is 47.1 Å². The molecular weight excluding hydrogens is 326 g/mol. The summed E-state index contributed by atoms with van der Waals surface area (Å²) in [4.78, 5) is 17.6. The average Bonchev–Trinajstić information content (AvgIpc) is 3.13. The van der Waals surface area contributed by atoms with E-state index in [1.54, 1.807) is 6.26 Å². The quantitative estimate of drug-likeness (QED) is 0.865. The molecule has 0 bridgehead atoms. The lowest BCUT2D eigenvalue weighted by Gasteiger charge is -2.39. The van der Waals surface area contributed by atoms with Crippen molar-refractivity contribution < 1.29 is 9.21 Å². The number of carbonyl (C=O) groups excluding carboxylic acids is 1. The summed E-state index contributed by atoms with van der Waals surface area (Å²) in [5.41, 5.74) is 1.83. The van der Waals surface area contributed by atoms with Crippen molar-refractivity contribution in [3.05, 3.63) is 48.4 Å². The van der Waals surface area contributed by atoms with Crippen LogP contribution in [0.5, 0.6) is 0 Å². The van der Waals surface area contributed by atoms with Crippen LogP contribution < -0.4 is 5.32 Å². The summed E-state index contributed by atoms with van der Waals surface area (Å²) in [5, 5.41) is 3.10. The molecule has 140 valence electrons. The number of hydrogen-bond acceptors (Lipinski definition) is 4. The Hall–Kier alpha value is -2.11. The number of likely N-dealkylation sites (N-methyl/N-ethyl adjacent to an activating group) is 1. The van der Waals surface area contributed by atoms with Crippen LogP contribution in [-0.2, 0) is 0 Å². The normalized spacial score (nSPS) is 17.4. The van der Waals surface area contributed by atoms with E-state index in [1.807, 2.05) is 36.4 Å². The maximum Gasteiger partial charge on any atom is 0.287 e. The fraction of sp³-hybridized carbons (Fsp3) is 0.476. The van der Waals surface area contributed by atoms with Gasteiger partial charge >= 0.3 is 0 Å². The summed E-state index contributed by atoms with van der Waals surface area (Å²) in [5.74, 6) is 0.717. The van der Waals surface area contributed by atoms with Crippen LogP contribution in [-0.4, -0.2) is 61.5 Å². The van der Waals surface area contributed by atoms with E-state index in [0.717, 1.165) is 37.3 Å². The van der Waals surface area contributed by atoms with Crippen LogP contribution in [0.25, 0.3) is 11.1 Å². The van der Waals surface area contributed by atoms with E-state index in [9.17, 15) is 4.79 Å². The first-order valence-corrected chi connectivity index (χ1v) is 9.40. The molecule has 1 aromatic heterocycles. The van der Waals surface area contributed by atoms with E-state index >= 15 is 0 Å². The molecule has 1 aliphatic heterocycles. The number of furan rings is 1. The molecule has 0 aliphatic carbocycles. The largest absolute Gasteiger partial charge is 0.459 e. The molecule has 1 N–H and O–H groups in total. The Labute approximate surface area is 156 Å². The van der Waals surface area contributed by atoms with Gasteiger partial charge in [0.1, 0.15) is 0 Å². The second-order valence-electron chi connectivity index (χ2n) is 7.39. The number of amides is 1. The molecule has 0 spiro atoms. The molecule has 1 atom stereocenters. The zero-order valence-electron chi connectivity index (χ0n) is 15.9. The second-order valence-corrected chi connectivity index (χ2v) is 7.39. The minimum Gasteiger partial charge on any atom is -0.459 e. The third-order valence-electron chi connectivity index (χ3n) is 5.20. The maximum absolute atomic E-state index is 12.7. The lowest BCUT2D eigenvalue weighted by atomic mass is 10.0. The lowest BCUT2D eigenvalue weighted by molar-refractivity contribution is 0.0777. The van der Waals surface area contributed by atoms with E-state index in [1.165, 1.54) is 0 Å². The molecule has 1 aromatic carbocycles. The van der Waals surface area contributed by atoms with Gasteiger partial charge in [-0.05, 0) is 24.6 Å². The van der Waals surface area contributed by atoms with Gasteiger partial charge in [0, 0.05) is 44.3 Å². The van der Waals surface area contributed by atoms with E-state index in [0.29, 0.717) is 24.3 Å². The second kappa shape index (κ2) is 8.52. The Morgan fingerprint density at radius 3 is 2.46 bits per heavy atom. The van der Waals surface area contributed by atoms with Gasteiger partial charge < -0.3 is 14.6 Å². The van der Waals surface area contributed by atoms with Crippen molar-refractivity contribution in [2.24, 2.45) is 5.92 Å². The summed E-state index contributed by atoms with van der Waals surface area (Å²) in [6, 6.07) is 12.1. The van der Waals surface area contributed by atoms with Crippen molar-refractivity contribution in [1.82, 2.24) is 15.1 Å². The fourth-order valence-electron chi connectivity index (χ4n) is 3.55. The van der Waals surface area contributed by atoms with Gasteiger partial charge in [0.25, 0.3) is 5.91 Å². The van der Waals surface area contributed by atoms with Crippen LogP contribution in [0.1, 0.15) is 24.4 Å². The summed E-state index contributed by atoms with van der Waals surface area (Å²) >= 11 is 0. The topological polar surface area (TPSA) is 48.7 Å². The highest BCUT2D eigenvalue weighted by Crippen LogP contribution is 2.24. The average molecular weight is 355 g/mol. The van der Waals surface area contributed by atoms with Gasteiger partial charge in [0.15, 0.2) is 5.76 Å². The van der Waals surface area contributed by atoms with Crippen molar-refractivity contribution in [2.75, 3.05) is 39.8 Å². The van der Waals surface area contributed by atoms with E-state index in [-0.39, 0.29) is 5.91 Å². The Morgan fingerprint density at radius 1 is 1.12 bits per heavy atom. The van der Waals surface area contributed by atoms with Gasteiger partial charge in [-0.3, -0.25) is 9.69 Å². The van der Waals surface area contributed by atoms with Crippen molar-refractivity contribution >= 4 is 5.91 Å². The van der Waals surface area contributed by atoms with Gasteiger partial charge in [0.2, 0.25) is 0 Å². The number of hydrogen-bond donors (Lipinski definition) is 1. The number of piperazine rings is 1. The third-order valence-corrected chi connectivity index (χ3v) is 5.20. The SMILES string of the molecule is CC(C)[C@@H](CNC(=O)c1occc1-c1ccccc1)N1CCN(C)CC1. The standard InChI is InChI=1S/C21H29N3O2/c1-16(2)19(24-12-10-23(3)11-13-24)15-22-21(25)20-18(9-14-26-20)17-7-5-4-6-8-17/h4-9,14,16,19H,10-13,15H2,1-3H3,(H,22,25)/t19-/m1/s1. The van der Waals surface area contributed by atoms with Crippen LogP contribution >= 0.6 is 0 Å². The predicted molar refractivity (Wildman–Crippen MR) is 104 cm³/mol. The van der Waals surface area contributed by atoms with Crippen molar-refractivity contribution in [2.45, 2.75) is 19.9 Å². The molecule has 1 aliphatic rings. The Balaban J connectivity index is 1.65. The molecule has 2 heterocycles. The van der Waals surface area contributed by atoms with Gasteiger partial charge in [-0.25, -0.2) is 0 Å². The molecule has 1 fully saturated rings. The zero-order valence-corrected chi connectivity index (χ0v) is 15.9. The van der Waals surface area contributed by atoms with Gasteiger partial charge in [-0.15, -0.1) is 0 Å². The monoisotopic (exact) mass is 355 g/mol. The Kier molecular flexibility index (Phi) is 6.12. The fourth-order valence-corrected chi connectivity index (χ4v) is 3.55. The highest BCUT2D eigenvalue weighted by molar-refractivity contribution is 5.98. The molecule has 0 saturated carbocycles. The molecule has 26 heavy (non-hydrogen) atoms. The first kappa shape index (κ1) is 18.7. The molecule has 0 radical (unpaired) electrons. The van der Waals surface area contributed by atoms with Crippen LogP contribution in [0, 0.1) is 5.92 Å². The van der Waals surface area contributed by atoms with Crippen molar-refractivity contribution in [3.8, 4) is 11.1 Å². The smallest absolute Gasteiger partial charge is 0.287 e. The molecule has 0 unspecified atom stereocenters. The van der Waals surface area contributed by atoms with E-state index in [4.69, 9.17) is 4.42 Å². The first-order chi connectivity index (χ1) is 12.6. The van der Waals surface area contributed by atoms with Crippen molar-refractivity contribution in [1.29, 1.82) is 0 Å². The van der Waals surface area contributed by atoms with Gasteiger partial charge in [-0.2, -0.15) is 0 Å². The molecular formula is C21H29N3O2. The van der Waals surface area contributed by atoms with Crippen LogP contribution in [0.2, 0.25) is 0 Å². The van der Waals surface area contributed by atoms with Gasteiger partial charge in [-0.1, -0.05) is 44.2 Å². The molecule has 1 saturated heterocycles. The summed E-state index contributed by atoms with van der Waals surface area (Å²) in [6.07, 6.45) is 1.58. The zero-order chi connectivity index (χ0) is 18.5. The Morgan fingerprint density at radius 2 is 1.81 bits per heavy atom. The van der Waals surface area contributed by atoms with Crippen molar-refractivity contribution in [3.63, 3.8) is 0 Å². The lowest BCUT2D eigenvalue weighted by Crippen LogP contribution is -2.54.